The third kappa shape index (κ3) is 3.12. The number of methoxy groups -OCH3 is 1. The van der Waals surface area contributed by atoms with Gasteiger partial charge in [0.05, 0.1) is 12.1 Å². The third-order valence-corrected chi connectivity index (χ3v) is 5.60. The molecule has 1 saturated heterocycles. The molecule has 1 fully saturated rings. The van der Waals surface area contributed by atoms with Crippen LogP contribution in [0.15, 0.2) is 0 Å². The van der Waals surface area contributed by atoms with Gasteiger partial charge in [-0.05, 0) is 55.7 Å². The Morgan fingerprint density at radius 3 is 2.50 bits per heavy atom. The lowest BCUT2D eigenvalue weighted by atomic mass is 9.85. The molecule has 1 N–H and O–H groups in total. The maximum Gasteiger partial charge on any atom is 0.141 e. The standard InChI is InChI=1S/C18H27ClN2O/c1-13-14-5-3-4-6-16(14)17(19)18(22-2)15(13)7-10-21-11-8-20-9-12-21/h20H,3-12H2,1-2H3. The van der Waals surface area contributed by atoms with Gasteiger partial charge in [-0.25, -0.2) is 0 Å². The van der Waals surface area contributed by atoms with Crippen LogP contribution in [0.3, 0.4) is 0 Å². The Balaban J connectivity index is 1.86. The number of hydrogen-bond acceptors (Lipinski definition) is 3. The minimum absolute atomic E-state index is 0.873. The van der Waals surface area contributed by atoms with E-state index >= 15 is 0 Å². The highest BCUT2D eigenvalue weighted by atomic mass is 35.5. The highest BCUT2D eigenvalue weighted by molar-refractivity contribution is 6.33. The molecule has 0 unspecified atom stereocenters. The monoisotopic (exact) mass is 322 g/mol. The van der Waals surface area contributed by atoms with E-state index in [-0.39, 0.29) is 0 Å². The zero-order chi connectivity index (χ0) is 15.5. The van der Waals surface area contributed by atoms with E-state index < -0.39 is 0 Å². The van der Waals surface area contributed by atoms with Gasteiger partial charge in [0.2, 0.25) is 0 Å². The number of halogens is 1. The second kappa shape index (κ2) is 7.20. The van der Waals surface area contributed by atoms with E-state index in [1.54, 1.807) is 7.11 Å². The van der Waals surface area contributed by atoms with Crippen molar-refractivity contribution in [1.82, 2.24) is 10.2 Å². The van der Waals surface area contributed by atoms with Crippen molar-refractivity contribution >= 4 is 11.6 Å². The summed E-state index contributed by atoms with van der Waals surface area (Å²) in [6.07, 6.45) is 5.83. The molecule has 1 aliphatic heterocycles. The van der Waals surface area contributed by atoms with Crippen LogP contribution in [0.5, 0.6) is 5.75 Å². The minimum atomic E-state index is 0.873. The second-order valence-corrected chi connectivity index (χ2v) is 6.83. The largest absolute Gasteiger partial charge is 0.495 e. The van der Waals surface area contributed by atoms with Crippen molar-refractivity contribution in [2.45, 2.75) is 39.0 Å². The Bertz CT molecular complexity index is 539. The Morgan fingerprint density at radius 1 is 1.14 bits per heavy atom. The molecular weight excluding hydrogens is 296 g/mol. The molecule has 1 heterocycles. The van der Waals surface area contributed by atoms with Crippen LogP contribution >= 0.6 is 11.6 Å². The topological polar surface area (TPSA) is 24.5 Å². The quantitative estimate of drug-likeness (QED) is 0.922. The first-order valence-corrected chi connectivity index (χ1v) is 8.90. The Hall–Kier alpha value is -0.770. The lowest BCUT2D eigenvalue weighted by Gasteiger charge is -2.29. The van der Waals surface area contributed by atoms with Crippen LogP contribution in [0.25, 0.3) is 0 Å². The fraction of sp³-hybridized carbons (Fsp3) is 0.667. The van der Waals surface area contributed by atoms with Gasteiger partial charge in [0, 0.05) is 38.3 Å². The highest BCUT2D eigenvalue weighted by Crippen LogP contribution is 2.41. The summed E-state index contributed by atoms with van der Waals surface area (Å²) in [5.41, 5.74) is 5.58. The van der Waals surface area contributed by atoms with Gasteiger partial charge < -0.3 is 15.0 Å². The predicted octanol–water partition coefficient (Wildman–Crippen LogP) is 2.98. The molecule has 22 heavy (non-hydrogen) atoms. The SMILES string of the molecule is COc1c(Cl)c2c(c(C)c1CCN1CCNCC1)CCCC2. The zero-order valence-corrected chi connectivity index (χ0v) is 14.6. The molecule has 3 nitrogen and oxygen atoms in total. The number of hydrogen-bond donors (Lipinski definition) is 1. The molecule has 4 heteroatoms. The van der Waals surface area contributed by atoms with E-state index in [4.69, 9.17) is 16.3 Å². The van der Waals surface area contributed by atoms with Crippen molar-refractivity contribution in [3.05, 3.63) is 27.3 Å². The van der Waals surface area contributed by atoms with Gasteiger partial charge in [0.25, 0.3) is 0 Å². The van der Waals surface area contributed by atoms with Crippen molar-refractivity contribution in [1.29, 1.82) is 0 Å². The number of piperazine rings is 1. The molecule has 0 aromatic heterocycles. The Kier molecular flexibility index (Phi) is 5.27. The van der Waals surface area contributed by atoms with Gasteiger partial charge in [-0.1, -0.05) is 11.6 Å². The maximum absolute atomic E-state index is 6.68. The average molecular weight is 323 g/mol. The van der Waals surface area contributed by atoms with Gasteiger partial charge >= 0.3 is 0 Å². The van der Waals surface area contributed by atoms with Crippen molar-refractivity contribution in [3.8, 4) is 5.75 Å². The number of rotatable bonds is 4. The van der Waals surface area contributed by atoms with E-state index in [2.05, 4.69) is 17.1 Å². The summed E-state index contributed by atoms with van der Waals surface area (Å²) in [7, 11) is 1.75. The van der Waals surface area contributed by atoms with Crippen molar-refractivity contribution < 1.29 is 4.74 Å². The van der Waals surface area contributed by atoms with Gasteiger partial charge in [0.1, 0.15) is 5.75 Å². The summed E-state index contributed by atoms with van der Waals surface area (Å²) < 4.78 is 5.70. The van der Waals surface area contributed by atoms with E-state index in [0.29, 0.717) is 0 Å². The van der Waals surface area contributed by atoms with Crippen LogP contribution in [0, 0.1) is 6.92 Å². The van der Waals surface area contributed by atoms with Crippen LogP contribution in [0.1, 0.15) is 35.1 Å². The second-order valence-electron chi connectivity index (χ2n) is 6.46. The summed E-state index contributed by atoms with van der Waals surface area (Å²) >= 11 is 6.68. The lowest BCUT2D eigenvalue weighted by molar-refractivity contribution is 0.243. The molecule has 0 atom stereocenters. The first-order chi connectivity index (χ1) is 10.7. The van der Waals surface area contributed by atoms with Crippen LogP contribution in [0.4, 0.5) is 0 Å². The number of fused-ring (bicyclic) bond motifs is 1. The summed E-state index contributed by atoms with van der Waals surface area (Å²) in [5.74, 6) is 0.926. The first-order valence-electron chi connectivity index (χ1n) is 8.52. The molecule has 1 aromatic carbocycles. The molecule has 0 radical (unpaired) electrons. The Morgan fingerprint density at radius 2 is 1.82 bits per heavy atom. The molecule has 0 bridgehead atoms. The molecule has 3 rings (SSSR count). The molecule has 1 aromatic rings. The fourth-order valence-electron chi connectivity index (χ4n) is 3.90. The lowest BCUT2D eigenvalue weighted by Crippen LogP contribution is -2.44. The van der Waals surface area contributed by atoms with Gasteiger partial charge in [-0.2, -0.15) is 0 Å². The van der Waals surface area contributed by atoms with E-state index in [1.807, 2.05) is 0 Å². The summed E-state index contributed by atoms with van der Waals surface area (Å²) in [6.45, 7) is 7.83. The maximum atomic E-state index is 6.68. The van der Waals surface area contributed by atoms with Crippen molar-refractivity contribution in [3.63, 3.8) is 0 Å². The van der Waals surface area contributed by atoms with Crippen molar-refractivity contribution in [2.24, 2.45) is 0 Å². The van der Waals surface area contributed by atoms with Crippen LogP contribution in [0.2, 0.25) is 5.02 Å². The van der Waals surface area contributed by atoms with Gasteiger partial charge in [-0.15, -0.1) is 0 Å². The number of ether oxygens (including phenoxy) is 1. The zero-order valence-electron chi connectivity index (χ0n) is 13.8. The average Bonchev–Trinajstić information content (AvgIpc) is 2.57. The van der Waals surface area contributed by atoms with E-state index in [9.17, 15) is 0 Å². The molecule has 2 aliphatic rings. The van der Waals surface area contributed by atoms with Crippen LogP contribution in [-0.2, 0) is 19.3 Å². The van der Waals surface area contributed by atoms with Gasteiger partial charge in [0.15, 0.2) is 0 Å². The Labute approximate surface area is 139 Å². The smallest absolute Gasteiger partial charge is 0.141 e. The third-order valence-electron chi connectivity index (χ3n) is 5.20. The normalized spacial score (nSPS) is 19.0. The molecule has 122 valence electrons. The molecule has 0 saturated carbocycles. The number of benzene rings is 1. The first kappa shape index (κ1) is 16.1. The van der Waals surface area contributed by atoms with Crippen LogP contribution in [-0.4, -0.2) is 44.7 Å². The fourth-order valence-corrected chi connectivity index (χ4v) is 4.30. The highest BCUT2D eigenvalue weighted by Gasteiger charge is 2.23. The van der Waals surface area contributed by atoms with E-state index in [0.717, 1.165) is 56.3 Å². The predicted molar refractivity (Wildman–Crippen MR) is 92.4 cm³/mol. The number of nitrogens with one attached hydrogen (secondary N) is 1. The number of nitrogens with zero attached hydrogens (tertiary/aromatic N) is 1. The molecule has 0 amide bonds. The summed E-state index contributed by atoms with van der Waals surface area (Å²) in [5, 5.41) is 4.28. The molecule has 0 spiro atoms. The summed E-state index contributed by atoms with van der Waals surface area (Å²) in [6, 6.07) is 0. The molecular formula is C18H27ClN2O. The van der Waals surface area contributed by atoms with Crippen molar-refractivity contribution in [2.75, 3.05) is 39.8 Å². The van der Waals surface area contributed by atoms with E-state index in [1.165, 1.54) is 41.5 Å². The molecule has 1 aliphatic carbocycles. The van der Waals surface area contributed by atoms with Gasteiger partial charge in [-0.3, -0.25) is 0 Å². The van der Waals surface area contributed by atoms with Crippen LogP contribution < -0.4 is 10.1 Å². The minimum Gasteiger partial charge on any atom is -0.495 e. The summed E-state index contributed by atoms with van der Waals surface area (Å²) in [4.78, 5) is 2.53.